The normalized spacial score (nSPS) is 23.8. The van der Waals surface area contributed by atoms with Gasteiger partial charge in [-0.2, -0.15) is 0 Å². The third-order valence-corrected chi connectivity index (χ3v) is 5.73. The molecule has 1 heterocycles. The van der Waals surface area contributed by atoms with E-state index in [9.17, 15) is 0 Å². The summed E-state index contributed by atoms with van der Waals surface area (Å²) >= 11 is 0. The van der Waals surface area contributed by atoms with E-state index in [1.54, 1.807) is 7.11 Å². The summed E-state index contributed by atoms with van der Waals surface area (Å²) in [5.41, 5.74) is 0.624. The maximum atomic E-state index is 5.94. The molecule has 3 aliphatic rings. The summed E-state index contributed by atoms with van der Waals surface area (Å²) in [6.45, 7) is 4.82. The molecule has 140 valence electrons. The van der Waals surface area contributed by atoms with Crippen molar-refractivity contribution >= 4 is 29.9 Å². The van der Waals surface area contributed by atoms with Crippen molar-refractivity contribution < 1.29 is 9.47 Å². The number of aliphatic imine (C=N–C) groups is 1. The van der Waals surface area contributed by atoms with Gasteiger partial charge in [0.05, 0.1) is 6.10 Å². The molecule has 0 aromatic rings. The topological polar surface area (TPSA) is 46.1 Å². The van der Waals surface area contributed by atoms with Crippen LogP contribution in [0.3, 0.4) is 0 Å². The highest BCUT2D eigenvalue weighted by Gasteiger charge is 2.53. The smallest absolute Gasteiger partial charge is 0.193 e. The largest absolute Gasteiger partial charge is 0.385 e. The molecule has 0 aromatic carbocycles. The fourth-order valence-electron chi connectivity index (χ4n) is 3.86. The average Bonchev–Trinajstić information content (AvgIpc) is 3.47. The Morgan fingerprint density at radius 3 is 2.42 bits per heavy atom. The minimum Gasteiger partial charge on any atom is -0.385 e. The number of piperidine rings is 1. The second-order valence-electron chi connectivity index (χ2n) is 7.44. The molecule has 2 aliphatic carbocycles. The van der Waals surface area contributed by atoms with Gasteiger partial charge in [-0.15, -0.1) is 24.0 Å². The molecule has 0 radical (unpaired) electrons. The summed E-state index contributed by atoms with van der Waals surface area (Å²) in [6.07, 6.45) is 9.32. The fourth-order valence-corrected chi connectivity index (χ4v) is 3.86. The summed E-state index contributed by atoms with van der Waals surface area (Å²) in [4.78, 5) is 6.91. The van der Waals surface area contributed by atoms with Gasteiger partial charge >= 0.3 is 0 Å². The lowest BCUT2D eigenvalue weighted by molar-refractivity contribution is 0.00986. The Balaban J connectivity index is 0.00000208. The molecule has 0 amide bonds. The number of halogens is 1. The van der Waals surface area contributed by atoms with E-state index in [4.69, 9.17) is 9.47 Å². The molecule has 0 atom stereocenters. The van der Waals surface area contributed by atoms with Gasteiger partial charge in [0, 0.05) is 47.0 Å². The zero-order valence-electron chi connectivity index (χ0n) is 15.3. The van der Waals surface area contributed by atoms with Gasteiger partial charge in [-0.05, 0) is 56.3 Å². The molecule has 3 fully saturated rings. The molecule has 0 spiro atoms. The molecule has 6 heteroatoms. The Labute approximate surface area is 164 Å². The Morgan fingerprint density at radius 1 is 1.17 bits per heavy atom. The first-order valence-corrected chi connectivity index (χ1v) is 9.33. The van der Waals surface area contributed by atoms with Crippen LogP contribution in [0.4, 0.5) is 0 Å². The van der Waals surface area contributed by atoms with Gasteiger partial charge in [0.1, 0.15) is 0 Å². The average molecular weight is 451 g/mol. The maximum Gasteiger partial charge on any atom is 0.193 e. The van der Waals surface area contributed by atoms with Crippen LogP contribution in [0.5, 0.6) is 0 Å². The predicted octanol–water partition coefficient (Wildman–Crippen LogP) is 2.89. The van der Waals surface area contributed by atoms with E-state index in [0.717, 1.165) is 64.0 Å². The second-order valence-corrected chi connectivity index (χ2v) is 7.44. The number of hydrogen-bond acceptors (Lipinski definition) is 3. The number of hydrogen-bond donors (Lipinski definition) is 1. The van der Waals surface area contributed by atoms with E-state index in [1.165, 1.54) is 25.7 Å². The monoisotopic (exact) mass is 451 g/mol. The van der Waals surface area contributed by atoms with Crippen LogP contribution < -0.4 is 5.32 Å². The summed E-state index contributed by atoms with van der Waals surface area (Å²) in [5.74, 6) is 2.09. The predicted molar refractivity (Wildman–Crippen MR) is 108 cm³/mol. The van der Waals surface area contributed by atoms with Crippen molar-refractivity contribution in [2.24, 2.45) is 16.3 Å². The number of methoxy groups -OCH3 is 1. The first kappa shape index (κ1) is 20.2. The zero-order chi connectivity index (χ0) is 16.1. The van der Waals surface area contributed by atoms with Gasteiger partial charge < -0.3 is 19.7 Å². The minimum atomic E-state index is 0. The molecule has 1 N–H and O–H groups in total. The Hall–Kier alpha value is -0.0800. The van der Waals surface area contributed by atoms with Crippen molar-refractivity contribution in [1.82, 2.24) is 10.2 Å². The fraction of sp³-hybridized carbons (Fsp3) is 0.944. The van der Waals surface area contributed by atoms with E-state index in [1.807, 2.05) is 7.05 Å². The highest BCUT2D eigenvalue weighted by molar-refractivity contribution is 14.0. The maximum absolute atomic E-state index is 5.94. The lowest BCUT2D eigenvalue weighted by Crippen LogP contribution is -2.48. The third kappa shape index (κ3) is 5.46. The number of nitrogens with one attached hydrogen (secondary N) is 1. The molecule has 0 unspecified atom stereocenters. The number of guanidine groups is 1. The summed E-state index contributed by atoms with van der Waals surface area (Å²) < 4.78 is 11.0. The molecule has 2 saturated carbocycles. The quantitative estimate of drug-likeness (QED) is 0.267. The van der Waals surface area contributed by atoms with Gasteiger partial charge in [-0.1, -0.05) is 0 Å². The summed E-state index contributed by atoms with van der Waals surface area (Å²) in [7, 11) is 3.65. The van der Waals surface area contributed by atoms with Crippen molar-refractivity contribution in [1.29, 1.82) is 0 Å². The molecule has 0 aromatic heterocycles. The van der Waals surface area contributed by atoms with Crippen molar-refractivity contribution in [2.75, 3.05) is 47.0 Å². The molecular formula is C18H34IN3O2. The first-order valence-electron chi connectivity index (χ1n) is 9.33. The number of likely N-dealkylation sites (tertiary alicyclic amines) is 1. The van der Waals surface area contributed by atoms with Gasteiger partial charge in [0.25, 0.3) is 0 Å². The minimum absolute atomic E-state index is 0. The van der Waals surface area contributed by atoms with E-state index in [2.05, 4.69) is 15.2 Å². The highest BCUT2D eigenvalue weighted by Crippen LogP contribution is 2.60. The highest BCUT2D eigenvalue weighted by atomic mass is 127. The van der Waals surface area contributed by atoms with Crippen LogP contribution in [0.2, 0.25) is 0 Å². The zero-order valence-corrected chi connectivity index (χ0v) is 17.6. The third-order valence-electron chi connectivity index (χ3n) is 5.73. The molecule has 3 rings (SSSR count). The first-order chi connectivity index (χ1) is 11.3. The lowest BCUT2D eigenvalue weighted by atomic mass is 10.0. The van der Waals surface area contributed by atoms with Gasteiger partial charge in [0.15, 0.2) is 5.96 Å². The van der Waals surface area contributed by atoms with Crippen LogP contribution in [0.25, 0.3) is 0 Å². The lowest BCUT2D eigenvalue weighted by Gasteiger charge is -2.34. The molecule has 5 nitrogen and oxygen atoms in total. The van der Waals surface area contributed by atoms with Gasteiger partial charge in [-0.3, -0.25) is 4.99 Å². The van der Waals surface area contributed by atoms with Crippen LogP contribution in [0, 0.1) is 11.3 Å². The van der Waals surface area contributed by atoms with Crippen LogP contribution in [0.15, 0.2) is 4.99 Å². The van der Waals surface area contributed by atoms with E-state index < -0.39 is 0 Å². The summed E-state index contributed by atoms with van der Waals surface area (Å²) in [6, 6.07) is 0. The van der Waals surface area contributed by atoms with Crippen molar-refractivity contribution in [3.63, 3.8) is 0 Å². The number of nitrogens with zero attached hydrogens (tertiary/aromatic N) is 2. The number of ether oxygens (including phenoxy) is 2. The summed E-state index contributed by atoms with van der Waals surface area (Å²) in [5, 5.41) is 3.66. The van der Waals surface area contributed by atoms with Crippen molar-refractivity contribution in [2.45, 2.75) is 51.0 Å². The Bertz CT molecular complexity index is 403. The van der Waals surface area contributed by atoms with Crippen LogP contribution in [-0.2, 0) is 9.47 Å². The van der Waals surface area contributed by atoms with Crippen LogP contribution in [0.1, 0.15) is 44.9 Å². The van der Waals surface area contributed by atoms with E-state index >= 15 is 0 Å². The SMILES string of the molecule is CN=C(NCC1(C2CC2)CC1)N1CCC(OCCCOC)CC1.I. The van der Waals surface area contributed by atoms with Crippen LogP contribution >= 0.6 is 24.0 Å². The molecule has 24 heavy (non-hydrogen) atoms. The molecule has 1 saturated heterocycles. The van der Waals surface area contributed by atoms with E-state index in [-0.39, 0.29) is 24.0 Å². The molecular weight excluding hydrogens is 417 g/mol. The molecule has 1 aliphatic heterocycles. The second kappa shape index (κ2) is 9.57. The van der Waals surface area contributed by atoms with Crippen molar-refractivity contribution in [3.05, 3.63) is 0 Å². The Morgan fingerprint density at radius 2 is 1.88 bits per heavy atom. The molecule has 0 bridgehead atoms. The van der Waals surface area contributed by atoms with Crippen LogP contribution in [-0.4, -0.2) is 64.0 Å². The van der Waals surface area contributed by atoms with E-state index in [0.29, 0.717) is 11.5 Å². The van der Waals surface area contributed by atoms with Gasteiger partial charge in [-0.25, -0.2) is 0 Å². The standard InChI is InChI=1S/C18H33N3O2.HI/c1-19-17(20-14-18(8-9-18)15-4-5-15)21-10-6-16(7-11-21)23-13-3-12-22-2;/h15-16H,3-14H2,1-2H3,(H,19,20);1H. The van der Waals surface area contributed by atoms with Gasteiger partial charge in [0.2, 0.25) is 0 Å². The number of rotatable bonds is 8. The Kier molecular flexibility index (Phi) is 8.07. The van der Waals surface area contributed by atoms with Crippen molar-refractivity contribution in [3.8, 4) is 0 Å².